The van der Waals surface area contributed by atoms with Crippen LogP contribution in [0.3, 0.4) is 0 Å². The molecule has 0 aromatic rings. The lowest BCUT2D eigenvalue weighted by molar-refractivity contribution is -0.124. The first-order chi connectivity index (χ1) is 9.29. The Balaban J connectivity index is 4.06. The number of carbonyl (C=O) groups excluding carboxylic acids is 2. The van der Waals surface area contributed by atoms with Gasteiger partial charge in [0.2, 0.25) is 11.8 Å². The molecule has 0 heterocycles. The van der Waals surface area contributed by atoms with Gasteiger partial charge in [-0.2, -0.15) is 8.42 Å². The predicted molar refractivity (Wildman–Crippen MR) is 75.5 cm³/mol. The molecule has 8 heteroatoms. The Hall–Kier alpha value is -1.15. The molecular formula is C12H24N2O5S. The van der Waals surface area contributed by atoms with Crippen LogP contribution in [0.2, 0.25) is 0 Å². The van der Waals surface area contributed by atoms with E-state index < -0.39 is 33.6 Å². The van der Waals surface area contributed by atoms with Crippen LogP contribution in [-0.4, -0.2) is 36.6 Å². The first-order valence-electron chi connectivity index (χ1n) is 6.81. The van der Waals surface area contributed by atoms with Gasteiger partial charge in [0.25, 0.3) is 10.1 Å². The quantitative estimate of drug-likeness (QED) is 0.380. The summed E-state index contributed by atoms with van der Waals surface area (Å²) in [5.41, 5.74) is 4.86. The van der Waals surface area contributed by atoms with Gasteiger partial charge < -0.3 is 11.1 Å². The highest BCUT2D eigenvalue weighted by Crippen LogP contribution is 2.06. The third kappa shape index (κ3) is 8.87. The number of carbonyl (C=O) groups is 2. The molecule has 0 aromatic heterocycles. The highest BCUT2D eigenvalue weighted by molar-refractivity contribution is 7.87. The highest BCUT2D eigenvalue weighted by Gasteiger charge is 2.32. The van der Waals surface area contributed by atoms with Gasteiger partial charge in [0.1, 0.15) is 0 Å². The Morgan fingerprint density at radius 2 is 1.70 bits per heavy atom. The van der Waals surface area contributed by atoms with E-state index >= 15 is 0 Å². The van der Waals surface area contributed by atoms with Crippen LogP contribution < -0.4 is 11.1 Å². The van der Waals surface area contributed by atoms with E-state index in [0.29, 0.717) is 6.54 Å². The van der Waals surface area contributed by atoms with Crippen molar-refractivity contribution >= 4 is 21.9 Å². The van der Waals surface area contributed by atoms with Crippen molar-refractivity contribution in [1.82, 2.24) is 5.32 Å². The topological polar surface area (TPSA) is 127 Å². The molecule has 0 rings (SSSR count). The SMILES string of the molecule is CCCCCCCCNC(=O)C(CC(N)=O)S(=O)(=O)O. The van der Waals surface area contributed by atoms with Gasteiger partial charge >= 0.3 is 0 Å². The van der Waals surface area contributed by atoms with Crippen LogP contribution in [0.25, 0.3) is 0 Å². The van der Waals surface area contributed by atoms with Gasteiger partial charge in [0, 0.05) is 6.54 Å². The summed E-state index contributed by atoms with van der Waals surface area (Å²) >= 11 is 0. The maximum Gasteiger partial charge on any atom is 0.277 e. The van der Waals surface area contributed by atoms with Crippen molar-refractivity contribution < 1.29 is 22.6 Å². The molecule has 118 valence electrons. The van der Waals surface area contributed by atoms with Crippen molar-refractivity contribution in [3.05, 3.63) is 0 Å². The van der Waals surface area contributed by atoms with Crippen molar-refractivity contribution in [2.24, 2.45) is 5.73 Å². The number of nitrogens with two attached hydrogens (primary N) is 1. The van der Waals surface area contributed by atoms with Crippen molar-refractivity contribution in [1.29, 1.82) is 0 Å². The molecule has 0 spiro atoms. The molecule has 1 unspecified atom stereocenters. The molecule has 7 nitrogen and oxygen atoms in total. The summed E-state index contributed by atoms with van der Waals surface area (Å²) in [4.78, 5) is 22.3. The smallest absolute Gasteiger partial charge is 0.277 e. The van der Waals surface area contributed by atoms with Crippen molar-refractivity contribution in [2.45, 2.75) is 57.1 Å². The lowest BCUT2D eigenvalue weighted by atomic mass is 10.1. The Bertz CT molecular complexity index is 408. The van der Waals surface area contributed by atoms with E-state index in [1.54, 1.807) is 0 Å². The van der Waals surface area contributed by atoms with E-state index in [9.17, 15) is 18.0 Å². The first-order valence-corrected chi connectivity index (χ1v) is 8.31. The third-order valence-corrected chi connectivity index (χ3v) is 3.97. The van der Waals surface area contributed by atoms with Crippen molar-refractivity contribution in [3.8, 4) is 0 Å². The molecule has 0 radical (unpaired) electrons. The fourth-order valence-electron chi connectivity index (χ4n) is 1.75. The summed E-state index contributed by atoms with van der Waals surface area (Å²) < 4.78 is 30.9. The number of primary amides is 1. The molecule has 4 N–H and O–H groups in total. The molecule has 0 fully saturated rings. The normalized spacial score (nSPS) is 12.9. The Kier molecular flexibility index (Phi) is 9.15. The highest BCUT2D eigenvalue weighted by atomic mass is 32.2. The fourth-order valence-corrected chi connectivity index (χ4v) is 2.48. The lowest BCUT2D eigenvalue weighted by Crippen LogP contribution is -2.42. The van der Waals surface area contributed by atoms with Gasteiger partial charge in [0.15, 0.2) is 5.25 Å². The summed E-state index contributed by atoms with van der Waals surface area (Å²) in [6.45, 7) is 2.43. The Labute approximate surface area is 120 Å². The molecule has 0 saturated heterocycles. The van der Waals surface area contributed by atoms with Gasteiger partial charge in [-0.1, -0.05) is 39.0 Å². The van der Waals surface area contributed by atoms with E-state index in [2.05, 4.69) is 12.2 Å². The molecule has 0 aliphatic heterocycles. The number of hydrogen-bond acceptors (Lipinski definition) is 4. The Morgan fingerprint density at radius 3 is 2.20 bits per heavy atom. The van der Waals surface area contributed by atoms with Crippen molar-refractivity contribution in [2.75, 3.05) is 6.54 Å². The predicted octanol–water partition coefficient (Wildman–Crippen LogP) is 0.595. The van der Waals surface area contributed by atoms with E-state index in [4.69, 9.17) is 10.3 Å². The molecule has 0 aromatic carbocycles. The average Bonchev–Trinajstić information content (AvgIpc) is 2.33. The second-order valence-corrected chi connectivity index (χ2v) is 6.33. The second-order valence-electron chi connectivity index (χ2n) is 4.73. The van der Waals surface area contributed by atoms with Crippen LogP contribution in [-0.2, 0) is 19.7 Å². The van der Waals surface area contributed by atoms with Crippen LogP contribution in [0.5, 0.6) is 0 Å². The van der Waals surface area contributed by atoms with Crippen LogP contribution in [0.15, 0.2) is 0 Å². The lowest BCUT2D eigenvalue weighted by Gasteiger charge is -2.12. The molecule has 0 aliphatic rings. The van der Waals surface area contributed by atoms with E-state index in [1.165, 1.54) is 6.42 Å². The minimum atomic E-state index is -4.63. The molecular weight excluding hydrogens is 284 g/mol. The van der Waals surface area contributed by atoms with Gasteiger partial charge in [0.05, 0.1) is 6.42 Å². The zero-order chi connectivity index (χ0) is 15.6. The molecule has 20 heavy (non-hydrogen) atoms. The number of unbranched alkanes of at least 4 members (excludes halogenated alkanes) is 5. The maximum atomic E-state index is 11.6. The zero-order valence-corrected chi connectivity index (χ0v) is 12.6. The van der Waals surface area contributed by atoms with Crippen molar-refractivity contribution in [3.63, 3.8) is 0 Å². The van der Waals surface area contributed by atoms with Gasteiger partial charge in [-0.15, -0.1) is 0 Å². The second kappa shape index (κ2) is 9.71. The maximum absolute atomic E-state index is 11.6. The van der Waals surface area contributed by atoms with Gasteiger partial charge in [-0.25, -0.2) is 0 Å². The molecule has 0 bridgehead atoms. The van der Waals surface area contributed by atoms with E-state index in [0.717, 1.165) is 32.1 Å². The molecule has 1 atom stereocenters. The fraction of sp³-hybridized carbons (Fsp3) is 0.833. The van der Waals surface area contributed by atoms with Gasteiger partial charge in [-0.3, -0.25) is 14.1 Å². The summed E-state index contributed by atoms with van der Waals surface area (Å²) in [7, 11) is -4.63. The van der Waals surface area contributed by atoms with E-state index in [1.807, 2.05) is 0 Å². The minimum absolute atomic E-state index is 0.315. The summed E-state index contributed by atoms with van der Waals surface area (Å²) in [6, 6.07) is 0. The number of rotatable bonds is 11. The van der Waals surface area contributed by atoms with Gasteiger partial charge in [-0.05, 0) is 6.42 Å². The average molecular weight is 308 g/mol. The van der Waals surface area contributed by atoms with Crippen LogP contribution >= 0.6 is 0 Å². The van der Waals surface area contributed by atoms with Crippen LogP contribution in [0, 0.1) is 0 Å². The van der Waals surface area contributed by atoms with Crippen LogP contribution in [0.4, 0.5) is 0 Å². The summed E-state index contributed by atoms with van der Waals surface area (Å²) in [5.74, 6) is -1.85. The standard InChI is InChI=1S/C12H24N2O5S/c1-2-3-4-5-6-7-8-14-12(16)10(9-11(13)15)20(17,18)19/h10H,2-9H2,1H3,(H2,13,15)(H,14,16)(H,17,18,19). The summed E-state index contributed by atoms with van der Waals surface area (Å²) in [6.07, 6.45) is 5.47. The van der Waals surface area contributed by atoms with E-state index in [-0.39, 0.29) is 0 Å². The largest absolute Gasteiger partial charge is 0.370 e. The first kappa shape index (κ1) is 18.9. The molecule has 2 amide bonds. The molecule has 0 saturated carbocycles. The molecule has 0 aliphatic carbocycles. The summed E-state index contributed by atoms with van der Waals surface area (Å²) in [5, 5.41) is 0.580. The zero-order valence-electron chi connectivity index (χ0n) is 11.8. The number of nitrogens with one attached hydrogen (secondary N) is 1. The van der Waals surface area contributed by atoms with Crippen LogP contribution in [0.1, 0.15) is 51.9 Å². The monoisotopic (exact) mass is 308 g/mol. The Morgan fingerprint density at radius 1 is 1.15 bits per heavy atom. The minimum Gasteiger partial charge on any atom is -0.370 e. The number of hydrogen-bond donors (Lipinski definition) is 3. The third-order valence-electron chi connectivity index (χ3n) is 2.87. The number of amides is 2.